The van der Waals surface area contributed by atoms with Crippen molar-refractivity contribution in [3.63, 3.8) is 0 Å². The van der Waals surface area contributed by atoms with Gasteiger partial charge in [0.1, 0.15) is 5.02 Å². The number of amides is 2. The second kappa shape index (κ2) is 11.1. The van der Waals surface area contributed by atoms with E-state index in [4.69, 9.17) is 34.8 Å². The Labute approximate surface area is 219 Å². The second-order valence-electron chi connectivity index (χ2n) is 8.74. The summed E-state index contributed by atoms with van der Waals surface area (Å²) in [6.45, 7) is 4.62. The summed E-state index contributed by atoms with van der Waals surface area (Å²) in [7, 11) is 0. The molecule has 188 valence electrons. The number of halogens is 3. The molecule has 0 spiro atoms. The summed E-state index contributed by atoms with van der Waals surface area (Å²) >= 11 is 18.7. The molecule has 9 nitrogen and oxygen atoms in total. The maximum absolute atomic E-state index is 12.8. The van der Waals surface area contributed by atoms with Gasteiger partial charge in [0.15, 0.2) is 5.82 Å². The minimum absolute atomic E-state index is 0.0177. The number of hydrogen-bond acceptors (Lipinski definition) is 6. The van der Waals surface area contributed by atoms with Crippen molar-refractivity contribution < 1.29 is 14.7 Å². The highest BCUT2D eigenvalue weighted by atomic mass is 35.5. The summed E-state index contributed by atoms with van der Waals surface area (Å²) in [5.41, 5.74) is 0.864. The average Bonchev–Trinajstić information content (AvgIpc) is 3.29. The van der Waals surface area contributed by atoms with Crippen LogP contribution >= 0.6 is 34.8 Å². The zero-order chi connectivity index (χ0) is 25.1. The Bertz CT molecular complexity index is 1100. The molecule has 1 unspecified atom stereocenters. The lowest BCUT2D eigenvalue weighted by molar-refractivity contribution is -0.132. The van der Waals surface area contributed by atoms with Gasteiger partial charge in [0.2, 0.25) is 11.9 Å². The minimum atomic E-state index is -0.956. The first-order chi connectivity index (χ1) is 16.7. The lowest BCUT2D eigenvalue weighted by Crippen LogP contribution is -2.50. The highest BCUT2D eigenvalue weighted by Crippen LogP contribution is 2.31. The van der Waals surface area contributed by atoms with Crippen molar-refractivity contribution in [1.29, 1.82) is 0 Å². The van der Waals surface area contributed by atoms with Crippen LogP contribution in [0.25, 0.3) is 0 Å². The number of benzene rings is 1. The summed E-state index contributed by atoms with van der Waals surface area (Å²) in [6, 6.07) is 4.92. The van der Waals surface area contributed by atoms with Gasteiger partial charge in [0.25, 0.3) is 0 Å². The minimum Gasteiger partial charge on any atom is -0.465 e. The average molecular weight is 542 g/mol. The number of likely N-dealkylation sites (tertiary alicyclic amines) is 1. The normalized spacial score (nSPS) is 19.1. The van der Waals surface area contributed by atoms with Crippen molar-refractivity contribution in [3.8, 4) is 0 Å². The van der Waals surface area contributed by atoms with E-state index in [2.05, 4.69) is 15.3 Å². The summed E-state index contributed by atoms with van der Waals surface area (Å²) in [5, 5.41) is 14.1. The number of hydrogen-bond donors (Lipinski definition) is 2. The predicted molar refractivity (Wildman–Crippen MR) is 137 cm³/mol. The van der Waals surface area contributed by atoms with Crippen LogP contribution < -0.4 is 10.2 Å². The molecule has 2 aromatic rings. The molecule has 2 aliphatic rings. The summed E-state index contributed by atoms with van der Waals surface area (Å²) < 4.78 is 0. The maximum Gasteiger partial charge on any atom is 0.407 e. The van der Waals surface area contributed by atoms with E-state index in [0.29, 0.717) is 59.6 Å². The fourth-order valence-electron chi connectivity index (χ4n) is 4.53. The number of carbonyl (C=O) groups is 2. The van der Waals surface area contributed by atoms with Crippen LogP contribution in [-0.2, 0) is 4.79 Å². The first-order valence-corrected chi connectivity index (χ1v) is 12.6. The molecular formula is C23H27Cl3N6O3. The number of piperazine rings is 1. The topological polar surface area (TPSA) is 102 Å². The quantitative estimate of drug-likeness (QED) is 0.542. The van der Waals surface area contributed by atoms with E-state index in [-0.39, 0.29) is 24.4 Å². The van der Waals surface area contributed by atoms with Crippen LogP contribution in [0.2, 0.25) is 15.1 Å². The molecule has 3 heterocycles. The third-order valence-electron chi connectivity index (χ3n) is 6.46. The van der Waals surface area contributed by atoms with Crippen molar-refractivity contribution in [2.45, 2.75) is 38.3 Å². The largest absolute Gasteiger partial charge is 0.465 e. The van der Waals surface area contributed by atoms with Crippen molar-refractivity contribution in [2.75, 3.05) is 42.9 Å². The van der Waals surface area contributed by atoms with Crippen molar-refractivity contribution >= 4 is 58.6 Å². The molecule has 2 N–H and O–H groups in total. The molecule has 2 saturated heterocycles. The van der Waals surface area contributed by atoms with Gasteiger partial charge in [-0.1, -0.05) is 40.9 Å². The third kappa shape index (κ3) is 6.02. The first-order valence-electron chi connectivity index (χ1n) is 11.5. The van der Waals surface area contributed by atoms with Gasteiger partial charge in [-0.2, -0.15) is 4.98 Å². The Kier molecular flexibility index (Phi) is 8.09. The van der Waals surface area contributed by atoms with Crippen LogP contribution in [0.15, 0.2) is 24.4 Å². The molecule has 0 aliphatic carbocycles. The van der Waals surface area contributed by atoms with Crippen LogP contribution in [-0.4, -0.2) is 75.6 Å². The Balaban J connectivity index is 1.36. The fourth-order valence-corrected chi connectivity index (χ4v) is 5.25. The molecule has 0 bridgehead atoms. The van der Waals surface area contributed by atoms with Crippen LogP contribution in [0.5, 0.6) is 0 Å². The van der Waals surface area contributed by atoms with Crippen molar-refractivity contribution in [1.82, 2.24) is 19.8 Å². The van der Waals surface area contributed by atoms with Crippen LogP contribution in [0, 0.1) is 0 Å². The molecule has 1 aromatic heterocycles. The highest BCUT2D eigenvalue weighted by Gasteiger charge is 2.32. The zero-order valence-corrected chi connectivity index (χ0v) is 21.5. The summed E-state index contributed by atoms with van der Waals surface area (Å²) in [6.07, 6.45) is 2.35. The molecule has 12 heteroatoms. The van der Waals surface area contributed by atoms with E-state index in [0.717, 1.165) is 18.4 Å². The van der Waals surface area contributed by atoms with E-state index in [1.807, 2.05) is 17.9 Å². The molecule has 1 aromatic carbocycles. The zero-order valence-electron chi connectivity index (χ0n) is 19.3. The Morgan fingerprint density at radius 2 is 1.89 bits per heavy atom. The van der Waals surface area contributed by atoms with E-state index >= 15 is 0 Å². The van der Waals surface area contributed by atoms with E-state index in [1.54, 1.807) is 23.2 Å². The first kappa shape index (κ1) is 25.6. The van der Waals surface area contributed by atoms with E-state index in [1.165, 1.54) is 4.90 Å². The van der Waals surface area contributed by atoms with Crippen LogP contribution in [0.4, 0.5) is 16.6 Å². The van der Waals surface area contributed by atoms with Gasteiger partial charge in [0.05, 0.1) is 12.2 Å². The van der Waals surface area contributed by atoms with Crippen LogP contribution in [0.3, 0.4) is 0 Å². The number of aromatic nitrogens is 2. The van der Waals surface area contributed by atoms with Gasteiger partial charge in [-0.3, -0.25) is 4.79 Å². The monoisotopic (exact) mass is 540 g/mol. The standard InChI is InChI=1S/C23H27Cl3N6O3/c1-14(17-5-4-15(24)11-18(17)25)28-21-19(26)13-27-22(29-21)31-9-7-30(8-10-31)20(33)12-16-3-2-6-32(16)23(34)35/h4-5,11,13-14,16H,2-3,6-10,12H2,1H3,(H,34,35)(H,27,28,29)/t14?,16-/m1/s1. The molecular weight excluding hydrogens is 515 g/mol. The van der Waals surface area contributed by atoms with E-state index < -0.39 is 6.09 Å². The Morgan fingerprint density at radius 3 is 2.57 bits per heavy atom. The van der Waals surface area contributed by atoms with Gasteiger partial charge < -0.3 is 25.1 Å². The number of nitrogens with zero attached hydrogens (tertiary/aromatic N) is 5. The smallest absolute Gasteiger partial charge is 0.407 e. The Morgan fingerprint density at radius 1 is 1.14 bits per heavy atom. The molecule has 0 radical (unpaired) electrons. The predicted octanol–water partition coefficient (Wildman–Crippen LogP) is 4.79. The molecule has 2 fully saturated rings. The molecule has 35 heavy (non-hydrogen) atoms. The maximum atomic E-state index is 12.8. The lowest BCUT2D eigenvalue weighted by Gasteiger charge is -2.35. The summed E-state index contributed by atoms with van der Waals surface area (Å²) in [5.74, 6) is 0.991. The molecule has 2 amide bonds. The number of carbonyl (C=O) groups excluding carboxylic acids is 1. The van der Waals surface area contributed by atoms with Gasteiger partial charge in [-0.15, -0.1) is 0 Å². The van der Waals surface area contributed by atoms with Gasteiger partial charge in [0, 0.05) is 55.2 Å². The fraction of sp³-hybridized carbons (Fsp3) is 0.478. The number of rotatable bonds is 6. The Hall–Kier alpha value is -2.49. The molecule has 0 saturated carbocycles. The van der Waals surface area contributed by atoms with Gasteiger partial charge >= 0.3 is 6.09 Å². The molecule has 2 atom stereocenters. The van der Waals surface area contributed by atoms with Gasteiger partial charge in [-0.25, -0.2) is 9.78 Å². The SMILES string of the molecule is CC(Nc1nc(N2CCN(C(=O)C[C@H]3CCCN3C(=O)O)CC2)ncc1Cl)c1ccc(Cl)cc1Cl. The second-order valence-corrected chi connectivity index (χ2v) is 9.99. The number of anilines is 2. The highest BCUT2D eigenvalue weighted by molar-refractivity contribution is 6.35. The third-order valence-corrected chi connectivity index (χ3v) is 7.30. The van der Waals surface area contributed by atoms with Gasteiger partial charge in [-0.05, 0) is 37.5 Å². The van der Waals surface area contributed by atoms with Crippen molar-refractivity contribution in [2.24, 2.45) is 0 Å². The number of nitrogens with one attached hydrogen (secondary N) is 1. The molecule has 4 rings (SSSR count). The number of carboxylic acid groups (broad SMARTS) is 1. The van der Waals surface area contributed by atoms with E-state index in [9.17, 15) is 14.7 Å². The molecule has 2 aliphatic heterocycles. The van der Waals surface area contributed by atoms with Crippen molar-refractivity contribution in [3.05, 3.63) is 45.0 Å². The summed E-state index contributed by atoms with van der Waals surface area (Å²) in [4.78, 5) is 38.3. The lowest BCUT2D eigenvalue weighted by atomic mass is 10.1. The van der Waals surface area contributed by atoms with Crippen LogP contribution in [0.1, 0.15) is 37.8 Å².